The number of amides is 2. The highest BCUT2D eigenvalue weighted by Gasteiger charge is 2.21. The molecule has 104 valence electrons. The van der Waals surface area contributed by atoms with E-state index in [1.807, 2.05) is 0 Å². The Kier molecular flexibility index (Phi) is 4.69. The van der Waals surface area contributed by atoms with Gasteiger partial charge in [0.2, 0.25) is 0 Å². The lowest BCUT2D eigenvalue weighted by atomic mass is 10.2. The van der Waals surface area contributed by atoms with Crippen molar-refractivity contribution < 1.29 is 14.7 Å². The summed E-state index contributed by atoms with van der Waals surface area (Å²) >= 11 is 1.23. The quantitative estimate of drug-likeness (QED) is 0.694. The summed E-state index contributed by atoms with van der Waals surface area (Å²) in [6, 6.07) is -1.09. The molecule has 0 aromatic carbocycles. The molecular formula is C11H11N5O3S. The highest BCUT2D eigenvalue weighted by atomic mass is 32.1. The Morgan fingerprint density at radius 2 is 2.15 bits per heavy atom. The van der Waals surface area contributed by atoms with Crippen LogP contribution in [0.15, 0.2) is 30.2 Å². The van der Waals surface area contributed by atoms with Gasteiger partial charge in [-0.25, -0.2) is 9.97 Å². The summed E-state index contributed by atoms with van der Waals surface area (Å²) < 4.78 is 0. The Labute approximate surface area is 117 Å². The van der Waals surface area contributed by atoms with Crippen molar-refractivity contribution in [1.82, 2.24) is 20.3 Å². The molecule has 8 nitrogen and oxygen atoms in total. The minimum atomic E-state index is -1.09. The average Bonchev–Trinajstić information content (AvgIpc) is 2.98. The number of thiazole rings is 1. The molecule has 0 aliphatic rings. The molecule has 2 aromatic rings. The lowest BCUT2D eigenvalue weighted by Gasteiger charge is -2.14. The molecule has 2 aromatic heterocycles. The normalized spacial score (nSPS) is 11.7. The number of anilines is 1. The summed E-state index contributed by atoms with van der Waals surface area (Å²) in [6.45, 7) is -0.538. The lowest BCUT2D eigenvalue weighted by molar-refractivity contribution is -0.118. The van der Waals surface area contributed by atoms with Gasteiger partial charge in [0, 0.05) is 24.0 Å². The van der Waals surface area contributed by atoms with Crippen molar-refractivity contribution in [3.8, 4) is 0 Å². The van der Waals surface area contributed by atoms with E-state index < -0.39 is 24.5 Å². The molecule has 2 heterocycles. The third-order valence-electron chi connectivity index (χ3n) is 2.26. The van der Waals surface area contributed by atoms with Crippen LogP contribution in [0.2, 0.25) is 0 Å². The van der Waals surface area contributed by atoms with Crippen LogP contribution in [-0.2, 0) is 4.79 Å². The van der Waals surface area contributed by atoms with Crippen LogP contribution in [0.4, 0.5) is 5.13 Å². The first kappa shape index (κ1) is 14.0. The van der Waals surface area contributed by atoms with Gasteiger partial charge in [-0.05, 0) is 0 Å². The molecule has 9 heteroatoms. The Bertz CT molecular complexity index is 575. The van der Waals surface area contributed by atoms with Crippen LogP contribution in [-0.4, -0.2) is 44.5 Å². The van der Waals surface area contributed by atoms with E-state index in [-0.39, 0.29) is 5.69 Å². The molecule has 0 radical (unpaired) electrons. The summed E-state index contributed by atoms with van der Waals surface area (Å²) in [5.74, 6) is -1.15. The maximum Gasteiger partial charge on any atom is 0.272 e. The van der Waals surface area contributed by atoms with E-state index in [0.717, 1.165) is 0 Å². The number of rotatable bonds is 5. The lowest BCUT2D eigenvalue weighted by Crippen LogP contribution is -2.46. The third kappa shape index (κ3) is 3.56. The van der Waals surface area contributed by atoms with Crippen LogP contribution in [0, 0.1) is 0 Å². The molecular weight excluding hydrogens is 282 g/mol. The molecule has 1 atom stereocenters. The van der Waals surface area contributed by atoms with Gasteiger partial charge in [-0.15, -0.1) is 11.3 Å². The van der Waals surface area contributed by atoms with Crippen molar-refractivity contribution in [3.63, 3.8) is 0 Å². The van der Waals surface area contributed by atoms with Crippen LogP contribution in [0.3, 0.4) is 0 Å². The SMILES string of the molecule is O=C(N[C@@H](CO)C(=O)Nc1nccs1)c1cnccn1. The molecule has 20 heavy (non-hydrogen) atoms. The van der Waals surface area contributed by atoms with Gasteiger partial charge in [-0.3, -0.25) is 14.6 Å². The molecule has 0 fully saturated rings. The number of aliphatic hydroxyl groups excluding tert-OH is 1. The fourth-order valence-corrected chi connectivity index (χ4v) is 1.85. The van der Waals surface area contributed by atoms with Crippen molar-refractivity contribution in [2.24, 2.45) is 0 Å². The van der Waals surface area contributed by atoms with E-state index in [9.17, 15) is 14.7 Å². The zero-order chi connectivity index (χ0) is 14.4. The summed E-state index contributed by atoms with van der Waals surface area (Å²) in [6.07, 6.45) is 5.59. The zero-order valence-electron chi connectivity index (χ0n) is 10.2. The summed E-state index contributed by atoms with van der Waals surface area (Å²) in [5, 5.41) is 16.1. The Hall–Kier alpha value is -2.39. The van der Waals surface area contributed by atoms with Crippen molar-refractivity contribution in [1.29, 1.82) is 0 Å². The highest BCUT2D eigenvalue weighted by molar-refractivity contribution is 7.13. The van der Waals surface area contributed by atoms with Gasteiger partial charge in [-0.1, -0.05) is 0 Å². The number of nitrogens with one attached hydrogen (secondary N) is 2. The maximum absolute atomic E-state index is 11.9. The van der Waals surface area contributed by atoms with Gasteiger partial charge in [0.1, 0.15) is 11.7 Å². The highest BCUT2D eigenvalue weighted by Crippen LogP contribution is 2.10. The van der Waals surface area contributed by atoms with Gasteiger partial charge in [0.25, 0.3) is 11.8 Å². The second-order valence-corrected chi connectivity index (χ2v) is 4.52. The third-order valence-corrected chi connectivity index (χ3v) is 2.95. The number of aliphatic hydroxyl groups is 1. The fourth-order valence-electron chi connectivity index (χ4n) is 1.32. The Morgan fingerprint density at radius 3 is 2.75 bits per heavy atom. The number of aromatic nitrogens is 3. The van der Waals surface area contributed by atoms with E-state index in [4.69, 9.17) is 0 Å². The first-order valence-electron chi connectivity index (χ1n) is 5.59. The standard InChI is InChI=1S/C11H11N5O3S/c17-6-8(10(19)16-11-14-3-4-20-11)15-9(18)7-5-12-1-2-13-7/h1-5,8,17H,6H2,(H,15,18)(H,14,16,19)/t8-/m0/s1. The molecule has 2 amide bonds. The number of nitrogens with zero attached hydrogens (tertiary/aromatic N) is 3. The van der Waals surface area contributed by atoms with Gasteiger partial charge in [0.15, 0.2) is 5.13 Å². The molecule has 0 unspecified atom stereocenters. The van der Waals surface area contributed by atoms with Gasteiger partial charge in [0.05, 0.1) is 12.8 Å². The van der Waals surface area contributed by atoms with Crippen LogP contribution in [0.1, 0.15) is 10.5 Å². The van der Waals surface area contributed by atoms with Crippen LogP contribution >= 0.6 is 11.3 Å². The van der Waals surface area contributed by atoms with E-state index in [2.05, 4.69) is 25.6 Å². The largest absolute Gasteiger partial charge is 0.394 e. The molecule has 0 spiro atoms. The minimum Gasteiger partial charge on any atom is -0.394 e. The molecule has 2 rings (SSSR count). The second-order valence-electron chi connectivity index (χ2n) is 3.63. The predicted octanol–water partition coefficient (Wildman–Crippen LogP) is -0.338. The van der Waals surface area contributed by atoms with Crippen molar-refractivity contribution >= 4 is 28.3 Å². The average molecular weight is 293 g/mol. The van der Waals surface area contributed by atoms with Crippen LogP contribution in [0.25, 0.3) is 0 Å². The van der Waals surface area contributed by atoms with Crippen molar-refractivity contribution in [2.75, 3.05) is 11.9 Å². The topological polar surface area (TPSA) is 117 Å². The Morgan fingerprint density at radius 1 is 1.30 bits per heavy atom. The number of hydrogen-bond donors (Lipinski definition) is 3. The van der Waals surface area contributed by atoms with E-state index in [1.165, 1.54) is 36.1 Å². The summed E-state index contributed by atoms with van der Waals surface area (Å²) in [4.78, 5) is 35.1. The maximum atomic E-state index is 11.9. The van der Waals surface area contributed by atoms with Crippen LogP contribution < -0.4 is 10.6 Å². The van der Waals surface area contributed by atoms with Gasteiger partial charge >= 0.3 is 0 Å². The van der Waals surface area contributed by atoms with Crippen molar-refractivity contribution in [2.45, 2.75) is 6.04 Å². The summed E-state index contributed by atoms with van der Waals surface area (Å²) in [7, 11) is 0. The monoisotopic (exact) mass is 293 g/mol. The smallest absolute Gasteiger partial charge is 0.272 e. The predicted molar refractivity (Wildman–Crippen MR) is 71.1 cm³/mol. The Balaban J connectivity index is 1.98. The second kappa shape index (κ2) is 6.68. The zero-order valence-corrected chi connectivity index (χ0v) is 11.0. The number of carbonyl (C=O) groups excluding carboxylic acids is 2. The number of hydrogen-bond acceptors (Lipinski definition) is 7. The number of carbonyl (C=O) groups is 2. The molecule has 0 saturated carbocycles. The first-order valence-corrected chi connectivity index (χ1v) is 6.46. The molecule has 3 N–H and O–H groups in total. The fraction of sp³-hybridized carbons (Fsp3) is 0.182. The minimum absolute atomic E-state index is 0.0630. The molecule has 0 aliphatic carbocycles. The molecule has 0 saturated heterocycles. The van der Waals surface area contributed by atoms with Crippen molar-refractivity contribution in [3.05, 3.63) is 35.9 Å². The summed E-state index contributed by atoms with van der Waals surface area (Å²) in [5.41, 5.74) is 0.0630. The van der Waals surface area contributed by atoms with Crippen LogP contribution in [0.5, 0.6) is 0 Å². The molecule has 0 aliphatic heterocycles. The molecule has 0 bridgehead atoms. The van der Waals surface area contributed by atoms with Gasteiger partial charge in [-0.2, -0.15) is 0 Å². The van der Waals surface area contributed by atoms with E-state index in [0.29, 0.717) is 5.13 Å². The van der Waals surface area contributed by atoms with E-state index in [1.54, 1.807) is 5.38 Å². The first-order chi connectivity index (χ1) is 9.70. The van der Waals surface area contributed by atoms with Gasteiger partial charge < -0.3 is 15.7 Å². The van der Waals surface area contributed by atoms with E-state index >= 15 is 0 Å².